The molecule has 2 heterocycles. The average Bonchev–Trinajstić information content (AvgIpc) is 2.97. The molecule has 0 unspecified atom stereocenters. The SMILES string of the molecule is O=C(CCN1C(=O)NC2(CCCCC2)C1=O)Nc1ccccc1N1CCOCC1. The number of carbonyl (C=O) groups is 3. The number of carbonyl (C=O) groups excluding carboxylic acids is 3. The highest BCUT2D eigenvalue weighted by Crippen LogP contribution is 2.33. The molecule has 1 aromatic rings. The van der Waals surface area contributed by atoms with E-state index in [0.29, 0.717) is 26.1 Å². The average molecular weight is 400 g/mol. The summed E-state index contributed by atoms with van der Waals surface area (Å²) in [4.78, 5) is 41.1. The molecule has 8 heteroatoms. The Balaban J connectivity index is 1.36. The summed E-state index contributed by atoms with van der Waals surface area (Å²) in [6.45, 7) is 2.97. The van der Waals surface area contributed by atoms with Crippen molar-refractivity contribution in [1.29, 1.82) is 0 Å². The van der Waals surface area contributed by atoms with E-state index in [1.807, 2.05) is 24.3 Å². The van der Waals surface area contributed by atoms with E-state index < -0.39 is 5.54 Å². The first-order valence-electron chi connectivity index (χ1n) is 10.4. The van der Waals surface area contributed by atoms with E-state index in [1.54, 1.807) is 0 Å². The third-order valence-electron chi connectivity index (χ3n) is 6.05. The van der Waals surface area contributed by atoms with Crippen molar-refractivity contribution in [3.63, 3.8) is 0 Å². The Kier molecular flexibility index (Phi) is 5.71. The molecule has 1 spiro atoms. The lowest BCUT2D eigenvalue weighted by Crippen LogP contribution is -2.48. The third kappa shape index (κ3) is 4.07. The molecular weight excluding hydrogens is 372 g/mol. The maximum absolute atomic E-state index is 12.8. The topological polar surface area (TPSA) is 91.0 Å². The lowest BCUT2D eigenvalue weighted by molar-refractivity contribution is -0.132. The van der Waals surface area contributed by atoms with Crippen LogP contribution in [0, 0.1) is 0 Å². The van der Waals surface area contributed by atoms with Crippen LogP contribution in [0.15, 0.2) is 24.3 Å². The monoisotopic (exact) mass is 400 g/mol. The van der Waals surface area contributed by atoms with Gasteiger partial charge in [0.1, 0.15) is 5.54 Å². The van der Waals surface area contributed by atoms with Crippen LogP contribution in [0.4, 0.5) is 16.2 Å². The molecule has 4 rings (SSSR count). The first-order valence-corrected chi connectivity index (χ1v) is 10.4. The molecule has 29 heavy (non-hydrogen) atoms. The molecule has 1 aliphatic carbocycles. The van der Waals surface area contributed by atoms with Crippen LogP contribution in [0.5, 0.6) is 0 Å². The summed E-state index contributed by atoms with van der Waals surface area (Å²) in [6, 6.07) is 7.29. The predicted molar refractivity (Wildman–Crippen MR) is 109 cm³/mol. The number of nitrogens with one attached hydrogen (secondary N) is 2. The van der Waals surface area contributed by atoms with Crippen molar-refractivity contribution in [3.05, 3.63) is 24.3 Å². The van der Waals surface area contributed by atoms with E-state index in [0.717, 1.165) is 43.7 Å². The maximum atomic E-state index is 12.8. The minimum absolute atomic E-state index is 0.0761. The predicted octanol–water partition coefficient (Wildman–Crippen LogP) is 2.11. The zero-order valence-corrected chi connectivity index (χ0v) is 16.6. The van der Waals surface area contributed by atoms with E-state index in [9.17, 15) is 14.4 Å². The van der Waals surface area contributed by atoms with Gasteiger partial charge >= 0.3 is 6.03 Å². The second-order valence-corrected chi connectivity index (χ2v) is 7.94. The van der Waals surface area contributed by atoms with Crippen LogP contribution >= 0.6 is 0 Å². The van der Waals surface area contributed by atoms with Gasteiger partial charge in [-0.2, -0.15) is 0 Å². The molecule has 2 aliphatic heterocycles. The summed E-state index contributed by atoms with van der Waals surface area (Å²) in [6.07, 6.45) is 4.43. The number of imide groups is 1. The third-order valence-corrected chi connectivity index (χ3v) is 6.05. The van der Waals surface area contributed by atoms with Crippen LogP contribution in [0.25, 0.3) is 0 Å². The van der Waals surface area contributed by atoms with Crippen molar-refractivity contribution in [1.82, 2.24) is 10.2 Å². The Hall–Kier alpha value is -2.61. The lowest BCUT2D eigenvalue weighted by atomic mass is 9.82. The zero-order valence-electron chi connectivity index (χ0n) is 16.6. The Morgan fingerprint density at radius 2 is 1.83 bits per heavy atom. The number of nitrogens with zero attached hydrogens (tertiary/aromatic N) is 2. The molecule has 3 aliphatic rings. The van der Waals surface area contributed by atoms with Crippen LogP contribution in [-0.2, 0) is 14.3 Å². The van der Waals surface area contributed by atoms with E-state index in [4.69, 9.17) is 4.74 Å². The smallest absolute Gasteiger partial charge is 0.325 e. The molecular formula is C21H28N4O4. The summed E-state index contributed by atoms with van der Waals surface area (Å²) in [5.41, 5.74) is 0.954. The summed E-state index contributed by atoms with van der Waals surface area (Å²) < 4.78 is 5.40. The fraction of sp³-hybridized carbons (Fsp3) is 0.571. The highest BCUT2D eigenvalue weighted by molar-refractivity contribution is 6.07. The van der Waals surface area contributed by atoms with Gasteiger partial charge < -0.3 is 20.3 Å². The number of benzene rings is 1. The summed E-state index contributed by atoms with van der Waals surface area (Å²) in [7, 11) is 0. The van der Waals surface area contributed by atoms with Crippen LogP contribution in [0.3, 0.4) is 0 Å². The molecule has 0 radical (unpaired) electrons. The van der Waals surface area contributed by atoms with E-state index in [1.165, 1.54) is 4.90 Å². The highest BCUT2D eigenvalue weighted by atomic mass is 16.5. The van der Waals surface area contributed by atoms with E-state index >= 15 is 0 Å². The molecule has 1 aromatic carbocycles. The van der Waals surface area contributed by atoms with Crippen molar-refractivity contribution < 1.29 is 19.1 Å². The number of anilines is 2. The maximum Gasteiger partial charge on any atom is 0.325 e. The van der Waals surface area contributed by atoms with Gasteiger partial charge in [-0.1, -0.05) is 31.4 Å². The molecule has 156 valence electrons. The Bertz CT molecular complexity index is 785. The van der Waals surface area contributed by atoms with Crippen LogP contribution in [0.2, 0.25) is 0 Å². The number of amides is 4. The second kappa shape index (κ2) is 8.41. The largest absolute Gasteiger partial charge is 0.378 e. The summed E-state index contributed by atoms with van der Waals surface area (Å²) in [5.74, 6) is -0.389. The highest BCUT2D eigenvalue weighted by Gasteiger charge is 2.51. The van der Waals surface area contributed by atoms with Crippen molar-refractivity contribution in [2.75, 3.05) is 43.1 Å². The minimum Gasteiger partial charge on any atom is -0.378 e. The molecule has 8 nitrogen and oxygen atoms in total. The van der Waals surface area contributed by atoms with Crippen LogP contribution < -0.4 is 15.5 Å². The van der Waals surface area contributed by atoms with Gasteiger partial charge in [0.25, 0.3) is 5.91 Å². The van der Waals surface area contributed by atoms with Crippen molar-refractivity contribution in [2.24, 2.45) is 0 Å². The number of urea groups is 1. The molecule has 4 amide bonds. The van der Waals surface area contributed by atoms with Gasteiger partial charge in [0.15, 0.2) is 0 Å². The molecule has 0 bridgehead atoms. The van der Waals surface area contributed by atoms with Crippen molar-refractivity contribution >= 4 is 29.2 Å². The summed E-state index contributed by atoms with van der Waals surface area (Å²) in [5, 5.41) is 5.82. The van der Waals surface area contributed by atoms with Gasteiger partial charge in [-0.15, -0.1) is 0 Å². The molecule has 1 saturated carbocycles. The Morgan fingerprint density at radius 3 is 2.59 bits per heavy atom. The molecule has 0 atom stereocenters. The number of ether oxygens (including phenoxy) is 1. The normalized spacial score (nSPS) is 21.4. The van der Waals surface area contributed by atoms with E-state index in [-0.39, 0.29) is 30.8 Å². The standard InChI is InChI=1S/C21H28N4O4/c26-18(22-16-6-2-3-7-17(16)24-12-14-29-15-13-24)8-11-25-19(27)21(23-20(25)28)9-4-1-5-10-21/h2-3,6-7H,1,4-5,8-15H2,(H,22,26)(H,23,28). The fourth-order valence-corrected chi connectivity index (χ4v) is 4.46. The lowest BCUT2D eigenvalue weighted by Gasteiger charge is -2.30. The van der Waals surface area contributed by atoms with Crippen LogP contribution in [-0.4, -0.2) is 61.1 Å². The van der Waals surface area contributed by atoms with Crippen LogP contribution in [0.1, 0.15) is 38.5 Å². The van der Waals surface area contributed by atoms with Gasteiger partial charge in [0, 0.05) is 26.1 Å². The van der Waals surface area contributed by atoms with Crippen molar-refractivity contribution in [3.8, 4) is 0 Å². The number of rotatable bonds is 5. The zero-order chi connectivity index (χ0) is 20.3. The first-order chi connectivity index (χ1) is 14.1. The Labute approximate surface area is 170 Å². The van der Waals surface area contributed by atoms with E-state index in [2.05, 4.69) is 15.5 Å². The van der Waals surface area contributed by atoms with Gasteiger partial charge in [-0.05, 0) is 25.0 Å². The quantitative estimate of drug-likeness (QED) is 0.739. The number of hydrogen-bond donors (Lipinski definition) is 2. The second-order valence-electron chi connectivity index (χ2n) is 7.94. The minimum atomic E-state index is -0.741. The number of morpholine rings is 1. The number of hydrogen-bond acceptors (Lipinski definition) is 5. The first kappa shape index (κ1) is 19.7. The summed E-state index contributed by atoms with van der Waals surface area (Å²) >= 11 is 0. The number of para-hydroxylation sites is 2. The van der Waals surface area contributed by atoms with Gasteiger partial charge in [-0.25, -0.2) is 4.79 Å². The molecule has 2 N–H and O–H groups in total. The molecule has 2 saturated heterocycles. The molecule has 3 fully saturated rings. The molecule has 0 aromatic heterocycles. The van der Waals surface area contributed by atoms with Crippen molar-refractivity contribution in [2.45, 2.75) is 44.1 Å². The van der Waals surface area contributed by atoms with Gasteiger partial charge in [0.05, 0.1) is 24.6 Å². The fourth-order valence-electron chi connectivity index (χ4n) is 4.46. The van der Waals surface area contributed by atoms with Gasteiger partial charge in [-0.3, -0.25) is 14.5 Å². The van der Waals surface area contributed by atoms with Gasteiger partial charge in [0.2, 0.25) is 5.91 Å². The Morgan fingerprint density at radius 1 is 1.10 bits per heavy atom.